The van der Waals surface area contributed by atoms with E-state index in [4.69, 9.17) is 0 Å². The van der Waals surface area contributed by atoms with Crippen molar-refractivity contribution in [2.45, 2.75) is 0 Å². The molecule has 0 atom stereocenters. The van der Waals surface area contributed by atoms with Gasteiger partial charge in [0.1, 0.15) is 0 Å². The molecule has 0 aliphatic carbocycles. The summed E-state index contributed by atoms with van der Waals surface area (Å²) in [7, 11) is 3.33. The van der Waals surface area contributed by atoms with Crippen molar-refractivity contribution < 1.29 is 4.42 Å². The maximum absolute atomic E-state index is 4.58. The van der Waals surface area contributed by atoms with Gasteiger partial charge in [0, 0.05) is 22.6 Å². The molecule has 0 saturated heterocycles. The zero-order valence-electron chi connectivity index (χ0n) is 5.19. The Morgan fingerprint density at radius 3 is 2.20 bits per heavy atom. The van der Waals surface area contributed by atoms with Crippen LogP contribution in [0.2, 0.25) is 0 Å². The molecule has 0 fully saturated rings. The summed E-state index contributed by atoms with van der Waals surface area (Å²) in [6.07, 6.45) is 5.16. The summed E-state index contributed by atoms with van der Waals surface area (Å²) >= 11 is 0. The van der Waals surface area contributed by atoms with Crippen LogP contribution in [-0.2, 0) is 0 Å². The lowest BCUT2D eigenvalue weighted by molar-refractivity contribution is 0.567. The zero-order chi connectivity index (χ0) is 7.07. The van der Waals surface area contributed by atoms with Crippen LogP contribution in [0.3, 0.4) is 0 Å². The van der Waals surface area contributed by atoms with Gasteiger partial charge in [0.15, 0.2) is 0 Å². The smallest absolute Gasteiger partial charge is 0.0902 e. The summed E-state index contributed by atoms with van der Waals surface area (Å²) in [5.74, 6) is 0. The van der Waals surface area contributed by atoms with Crippen LogP contribution in [0, 0.1) is 0 Å². The SMILES string of the molecule is C1=CSSN1.c1ccoc1. The Kier molecular flexibility index (Phi) is 4.05. The summed E-state index contributed by atoms with van der Waals surface area (Å²) in [5, 5.41) is 2.00. The van der Waals surface area contributed by atoms with Crippen LogP contribution in [0.4, 0.5) is 0 Å². The zero-order valence-corrected chi connectivity index (χ0v) is 6.82. The van der Waals surface area contributed by atoms with E-state index in [1.165, 1.54) is 0 Å². The average Bonchev–Trinajstić information content (AvgIpc) is 2.67. The molecule has 2 rings (SSSR count). The van der Waals surface area contributed by atoms with E-state index in [1.54, 1.807) is 34.3 Å². The van der Waals surface area contributed by atoms with Gasteiger partial charge in [-0.2, -0.15) is 0 Å². The monoisotopic (exact) mass is 173 g/mol. The van der Waals surface area contributed by atoms with Crippen molar-refractivity contribution in [2.75, 3.05) is 0 Å². The maximum atomic E-state index is 4.58. The van der Waals surface area contributed by atoms with E-state index in [0.717, 1.165) is 0 Å². The van der Waals surface area contributed by atoms with Crippen LogP contribution < -0.4 is 4.72 Å². The Morgan fingerprint density at radius 1 is 1.20 bits per heavy atom. The molecule has 1 aliphatic rings. The Bertz CT molecular complexity index is 151. The molecule has 0 bridgehead atoms. The molecule has 54 valence electrons. The van der Waals surface area contributed by atoms with Gasteiger partial charge in [0.25, 0.3) is 0 Å². The van der Waals surface area contributed by atoms with Crippen molar-refractivity contribution in [3.63, 3.8) is 0 Å². The largest absolute Gasteiger partial charge is 0.473 e. The molecule has 2 nitrogen and oxygen atoms in total. The molecule has 0 amide bonds. The molecule has 2 heterocycles. The molecule has 4 heteroatoms. The van der Waals surface area contributed by atoms with E-state index in [0.29, 0.717) is 0 Å². The standard InChI is InChI=1S/C4H4O.C2H3NS2/c2*1-2-4-5-3-1/h1-4H;1-3H. The Labute approximate surface area is 67.6 Å². The predicted octanol–water partition coefficient (Wildman–Crippen LogP) is 2.64. The highest BCUT2D eigenvalue weighted by Crippen LogP contribution is 2.22. The first kappa shape index (κ1) is 7.63. The Balaban J connectivity index is 0.0000001000. The van der Waals surface area contributed by atoms with E-state index in [2.05, 4.69) is 9.14 Å². The molecule has 1 aromatic heterocycles. The lowest BCUT2D eigenvalue weighted by atomic mass is 10.7. The number of hydrogen-bond donors (Lipinski definition) is 1. The fraction of sp³-hybridized carbons (Fsp3) is 0. The van der Waals surface area contributed by atoms with E-state index in [9.17, 15) is 0 Å². The molecular weight excluding hydrogens is 166 g/mol. The van der Waals surface area contributed by atoms with Gasteiger partial charge in [-0.1, -0.05) is 0 Å². The van der Waals surface area contributed by atoms with Crippen molar-refractivity contribution >= 4 is 21.8 Å². The fourth-order valence-electron chi connectivity index (χ4n) is 0.366. The molecule has 10 heavy (non-hydrogen) atoms. The molecule has 0 unspecified atom stereocenters. The highest BCUT2D eigenvalue weighted by molar-refractivity contribution is 8.77. The first-order valence-corrected chi connectivity index (χ1v) is 4.91. The van der Waals surface area contributed by atoms with E-state index in [1.807, 2.05) is 23.7 Å². The van der Waals surface area contributed by atoms with Crippen molar-refractivity contribution in [3.05, 3.63) is 36.3 Å². The third-order valence-electron chi connectivity index (χ3n) is 0.713. The molecule has 0 aromatic carbocycles. The Morgan fingerprint density at radius 2 is 2.00 bits per heavy atom. The van der Waals surface area contributed by atoms with E-state index < -0.39 is 0 Å². The molecule has 1 aliphatic heterocycles. The van der Waals surface area contributed by atoms with Gasteiger partial charge in [-0.15, -0.1) is 0 Å². The number of furan rings is 1. The average molecular weight is 173 g/mol. The highest BCUT2D eigenvalue weighted by Gasteiger charge is 1.83. The van der Waals surface area contributed by atoms with Crippen molar-refractivity contribution in [3.8, 4) is 0 Å². The summed E-state index contributed by atoms with van der Waals surface area (Å²) in [6.45, 7) is 0. The lowest BCUT2D eigenvalue weighted by Gasteiger charge is -1.75. The van der Waals surface area contributed by atoms with Gasteiger partial charge >= 0.3 is 0 Å². The lowest BCUT2D eigenvalue weighted by Crippen LogP contribution is -1.76. The minimum Gasteiger partial charge on any atom is -0.473 e. The predicted molar refractivity (Wildman–Crippen MR) is 46.2 cm³/mol. The normalized spacial score (nSPS) is 13.6. The fourth-order valence-corrected chi connectivity index (χ4v) is 1.48. The number of nitrogens with one attached hydrogen (secondary N) is 1. The van der Waals surface area contributed by atoms with Crippen molar-refractivity contribution in [1.29, 1.82) is 0 Å². The first-order valence-electron chi connectivity index (χ1n) is 2.70. The molecule has 0 radical (unpaired) electrons. The van der Waals surface area contributed by atoms with Crippen LogP contribution in [0.15, 0.2) is 40.7 Å². The quantitative estimate of drug-likeness (QED) is 0.481. The second-order valence-corrected chi connectivity index (χ2v) is 3.34. The van der Waals surface area contributed by atoms with Crippen LogP contribution in [-0.4, -0.2) is 0 Å². The summed E-state index contributed by atoms with van der Waals surface area (Å²) in [6, 6.07) is 3.67. The van der Waals surface area contributed by atoms with Gasteiger partial charge in [0.05, 0.1) is 12.5 Å². The van der Waals surface area contributed by atoms with Crippen molar-refractivity contribution in [1.82, 2.24) is 4.72 Å². The minimum absolute atomic E-state index is 1.62. The van der Waals surface area contributed by atoms with Gasteiger partial charge in [-0.05, 0) is 22.9 Å². The molecule has 1 N–H and O–H groups in total. The second kappa shape index (κ2) is 5.32. The number of hydrogen-bond acceptors (Lipinski definition) is 4. The summed E-state index contributed by atoms with van der Waals surface area (Å²) in [4.78, 5) is 0. The minimum atomic E-state index is 1.62. The molecule has 0 saturated carbocycles. The summed E-state index contributed by atoms with van der Waals surface area (Å²) in [5.41, 5.74) is 0. The Hall–Kier alpha value is -0.480. The highest BCUT2D eigenvalue weighted by atomic mass is 33.1. The second-order valence-electron chi connectivity index (χ2n) is 1.39. The first-order chi connectivity index (χ1) is 5.00. The molecular formula is C6H7NOS2. The van der Waals surface area contributed by atoms with Crippen molar-refractivity contribution in [2.24, 2.45) is 0 Å². The molecule has 1 aromatic rings. The maximum Gasteiger partial charge on any atom is 0.0902 e. The topological polar surface area (TPSA) is 25.2 Å². The van der Waals surface area contributed by atoms with Crippen LogP contribution in [0.25, 0.3) is 0 Å². The third-order valence-corrected chi connectivity index (χ3v) is 2.20. The summed E-state index contributed by atoms with van der Waals surface area (Å²) < 4.78 is 7.50. The van der Waals surface area contributed by atoms with E-state index >= 15 is 0 Å². The molecule has 0 spiro atoms. The van der Waals surface area contributed by atoms with Gasteiger partial charge in [0.2, 0.25) is 0 Å². The van der Waals surface area contributed by atoms with Crippen LogP contribution in [0.5, 0.6) is 0 Å². The van der Waals surface area contributed by atoms with Gasteiger partial charge in [-0.3, -0.25) is 0 Å². The van der Waals surface area contributed by atoms with E-state index in [-0.39, 0.29) is 0 Å². The van der Waals surface area contributed by atoms with Gasteiger partial charge < -0.3 is 9.14 Å². The van der Waals surface area contributed by atoms with Crippen LogP contribution >= 0.6 is 21.8 Å². The van der Waals surface area contributed by atoms with Crippen LogP contribution in [0.1, 0.15) is 0 Å². The number of rotatable bonds is 0. The van der Waals surface area contributed by atoms with Gasteiger partial charge in [-0.25, -0.2) is 0 Å². The third kappa shape index (κ3) is 3.53.